The predicted molar refractivity (Wildman–Crippen MR) is 100 cm³/mol. The summed E-state index contributed by atoms with van der Waals surface area (Å²) >= 11 is 5.88. The molecule has 0 fully saturated rings. The molecule has 0 unspecified atom stereocenters. The maximum atomic E-state index is 12.6. The highest BCUT2D eigenvalue weighted by atomic mass is 35.5. The maximum Gasteiger partial charge on any atom is 0.260 e. The van der Waals surface area contributed by atoms with Gasteiger partial charge in [-0.3, -0.25) is 9.59 Å². The van der Waals surface area contributed by atoms with Gasteiger partial charge >= 0.3 is 0 Å². The van der Waals surface area contributed by atoms with E-state index in [9.17, 15) is 9.59 Å². The molecule has 0 aliphatic heterocycles. The van der Waals surface area contributed by atoms with Gasteiger partial charge in [0.15, 0.2) is 6.61 Å². The van der Waals surface area contributed by atoms with Gasteiger partial charge in [0.2, 0.25) is 0 Å². The van der Waals surface area contributed by atoms with Crippen molar-refractivity contribution < 1.29 is 14.3 Å². The van der Waals surface area contributed by atoms with E-state index >= 15 is 0 Å². The molecule has 1 atom stereocenters. The first-order chi connectivity index (χ1) is 12.5. The number of likely N-dealkylation sites (N-methyl/N-ethyl adjacent to an activating group) is 1. The van der Waals surface area contributed by atoms with Crippen LogP contribution in [0.5, 0.6) is 5.75 Å². The number of carbonyl (C=O) groups excluding carboxylic acids is 2. The van der Waals surface area contributed by atoms with Gasteiger partial charge in [0.05, 0.1) is 11.6 Å². The molecule has 1 aliphatic rings. The summed E-state index contributed by atoms with van der Waals surface area (Å²) in [6, 6.07) is 12.8. The summed E-state index contributed by atoms with van der Waals surface area (Å²) in [6.45, 7) is -0.170. The van der Waals surface area contributed by atoms with Crippen LogP contribution in [0.3, 0.4) is 0 Å². The Morgan fingerprint density at radius 3 is 2.81 bits per heavy atom. The van der Waals surface area contributed by atoms with E-state index in [-0.39, 0.29) is 29.9 Å². The van der Waals surface area contributed by atoms with Crippen LogP contribution in [0.15, 0.2) is 42.5 Å². The zero-order chi connectivity index (χ0) is 18.7. The molecule has 0 spiro atoms. The third-order valence-corrected chi connectivity index (χ3v) is 4.99. The molecule has 2 aromatic carbocycles. The number of nitrogens with zero attached hydrogens (tertiary/aromatic N) is 1. The molecule has 0 saturated heterocycles. The highest BCUT2D eigenvalue weighted by molar-refractivity contribution is 6.31. The Hall–Kier alpha value is -2.53. The molecule has 2 amide bonds. The van der Waals surface area contributed by atoms with Gasteiger partial charge in [-0.1, -0.05) is 35.9 Å². The quantitative estimate of drug-likeness (QED) is 0.874. The lowest BCUT2D eigenvalue weighted by Gasteiger charge is -2.33. The second kappa shape index (κ2) is 7.79. The van der Waals surface area contributed by atoms with Crippen LogP contribution in [-0.4, -0.2) is 30.4 Å². The molecule has 6 heteroatoms. The number of fused-ring (bicyclic) bond motifs is 1. The minimum absolute atomic E-state index is 0.0388. The molecular weight excluding hydrogens is 352 g/mol. The molecular formula is C20H21ClN2O3. The standard InChI is InChI=1S/C20H21ClN2O3/c1-23(17-8-4-6-13-5-2-3-7-15(13)17)19(24)12-26-18-10-9-14(21)11-16(18)20(22)25/h2-3,5,7,9-11,17H,4,6,8,12H2,1H3,(H2,22,25)/t17-/m1/s1. The number of aryl methyl sites for hydroxylation is 1. The number of amides is 2. The third-order valence-electron chi connectivity index (χ3n) is 4.76. The van der Waals surface area contributed by atoms with E-state index in [1.807, 2.05) is 12.1 Å². The van der Waals surface area contributed by atoms with Crippen LogP contribution in [-0.2, 0) is 11.2 Å². The number of nitrogens with two attached hydrogens (primary N) is 1. The van der Waals surface area contributed by atoms with Gasteiger partial charge in [0, 0.05) is 12.1 Å². The molecule has 2 N–H and O–H groups in total. The summed E-state index contributed by atoms with van der Waals surface area (Å²) in [4.78, 5) is 25.9. The Morgan fingerprint density at radius 2 is 2.04 bits per heavy atom. The van der Waals surface area contributed by atoms with Crippen LogP contribution < -0.4 is 10.5 Å². The van der Waals surface area contributed by atoms with Crippen molar-refractivity contribution in [1.29, 1.82) is 0 Å². The van der Waals surface area contributed by atoms with Crippen LogP contribution in [0.4, 0.5) is 0 Å². The minimum atomic E-state index is -0.649. The normalized spacial score (nSPS) is 15.8. The van der Waals surface area contributed by atoms with E-state index in [0.717, 1.165) is 19.3 Å². The number of carbonyl (C=O) groups is 2. The molecule has 3 rings (SSSR count). The van der Waals surface area contributed by atoms with Crippen molar-refractivity contribution in [2.24, 2.45) is 5.73 Å². The molecule has 0 heterocycles. The number of halogens is 1. The first-order valence-corrected chi connectivity index (χ1v) is 8.91. The second-order valence-electron chi connectivity index (χ2n) is 6.40. The number of rotatable bonds is 5. The molecule has 1 aliphatic carbocycles. The minimum Gasteiger partial charge on any atom is -0.483 e. The highest BCUT2D eigenvalue weighted by Gasteiger charge is 2.26. The fourth-order valence-electron chi connectivity index (χ4n) is 3.37. The Labute approximate surface area is 157 Å². The van der Waals surface area contributed by atoms with Gasteiger partial charge < -0.3 is 15.4 Å². The van der Waals surface area contributed by atoms with Crippen molar-refractivity contribution in [2.75, 3.05) is 13.7 Å². The van der Waals surface area contributed by atoms with Crippen molar-refractivity contribution in [3.05, 3.63) is 64.2 Å². The monoisotopic (exact) mass is 372 g/mol. The van der Waals surface area contributed by atoms with Crippen LogP contribution in [0, 0.1) is 0 Å². The summed E-state index contributed by atoms with van der Waals surface area (Å²) in [7, 11) is 1.79. The molecule has 0 radical (unpaired) electrons. The molecule has 0 aromatic heterocycles. The summed E-state index contributed by atoms with van der Waals surface area (Å²) < 4.78 is 5.56. The number of benzene rings is 2. The van der Waals surface area contributed by atoms with Crippen molar-refractivity contribution >= 4 is 23.4 Å². The molecule has 26 heavy (non-hydrogen) atoms. The van der Waals surface area contributed by atoms with E-state index in [1.54, 1.807) is 24.1 Å². The number of hydrogen-bond acceptors (Lipinski definition) is 3. The molecule has 0 saturated carbocycles. The summed E-state index contributed by atoms with van der Waals surface area (Å²) in [5.41, 5.74) is 7.99. The Bertz CT molecular complexity index is 838. The van der Waals surface area contributed by atoms with E-state index < -0.39 is 5.91 Å². The SMILES string of the molecule is CN(C(=O)COc1ccc(Cl)cc1C(N)=O)[C@@H]1CCCc2ccccc21. The van der Waals surface area contributed by atoms with E-state index in [0.29, 0.717) is 5.02 Å². The predicted octanol–water partition coefficient (Wildman–Crippen LogP) is 3.35. The molecule has 2 aromatic rings. The van der Waals surface area contributed by atoms with Crippen molar-refractivity contribution in [3.63, 3.8) is 0 Å². The van der Waals surface area contributed by atoms with Gasteiger partial charge in [-0.15, -0.1) is 0 Å². The summed E-state index contributed by atoms with van der Waals surface area (Å²) in [6.07, 6.45) is 3.01. The fourth-order valence-corrected chi connectivity index (χ4v) is 3.54. The van der Waals surface area contributed by atoms with Crippen molar-refractivity contribution in [1.82, 2.24) is 4.90 Å². The largest absolute Gasteiger partial charge is 0.483 e. The van der Waals surface area contributed by atoms with Crippen LogP contribution in [0.2, 0.25) is 5.02 Å². The topological polar surface area (TPSA) is 72.6 Å². The third kappa shape index (κ3) is 3.83. The second-order valence-corrected chi connectivity index (χ2v) is 6.84. The highest BCUT2D eigenvalue weighted by Crippen LogP contribution is 2.33. The van der Waals surface area contributed by atoms with Gasteiger partial charge in [0.25, 0.3) is 11.8 Å². The maximum absolute atomic E-state index is 12.6. The van der Waals surface area contributed by atoms with Crippen LogP contribution in [0.1, 0.15) is 40.4 Å². The molecule has 0 bridgehead atoms. The van der Waals surface area contributed by atoms with Crippen molar-refractivity contribution in [3.8, 4) is 5.75 Å². The fraction of sp³-hybridized carbons (Fsp3) is 0.300. The Kier molecular flexibility index (Phi) is 5.47. The van der Waals surface area contributed by atoms with E-state index in [1.165, 1.54) is 17.2 Å². The zero-order valence-electron chi connectivity index (χ0n) is 14.6. The van der Waals surface area contributed by atoms with E-state index in [2.05, 4.69) is 12.1 Å². The summed E-state index contributed by atoms with van der Waals surface area (Å²) in [5, 5.41) is 0.383. The van der Waals surface area contributed by atoms with E-state index in [4.69, 9.17) is 22.1 Å². The molecule has 136 valence electrons. The smallest absolute Gasteiger partial charge is 0.260 e. The van der Waals surface area contributed by atoms with Gasteiger partial charge in [-0.05, 0) is 48.6 Å². The average molecular weight is 373 g/mol. The van der Waals surface area contributed by atoms with Crippen LogP contribution in [0.25, 0.3) is 0 Å². The molecule has 5 nitrogen and oxygen atoms in total. The lowest BCUT2D eigenvalue weighted by atomic mass is 9.87. The summed E-state index contributed by atoms with van der Waals surface area (Å²) in [5.74, 6) is -0.547. The van der Waals surface area contributed by atoms with Gasteiger partial charge in [0.1, 0.15) is 5.75 Å². The van der Waals surface area contributed by atoms with Crippen LogP contribution >= 0.6 is 11.6 Å². The number of hydrogen-bond donors (Lipinski definition) is 1. The average Bonchev–Trinajstić information content (AvgIpc) is 2.65. The van der Waals surface area contributed by atoms with Gasteiger partial charge in [-0.2, -0.15) is 0 Å². The van der Waals surface area contributed by atoms with Crippen molar-refractivity contribution in [2.45, 2.75) is 25.3 Å². The Balaban J connectivity index is 1.71. The number of primary amides is 1. The first-order valence-electron chi connectivity index (χ1n) is 8.53. The lowest BCUT2D eigenvalue weighted by Crippen LogP contribution is -2.36. The van der Waals surface area contributed by atoms with Gasteiger partial charge in [-0.25, -0.2) is 0 Å². The first kappa shape index (κ1) is 18.3. The number of ether oxygens (including phenoxy) is 1. The Morgan fingerprint density at radius 1 is 1.27 bits per heavy atom. The lowest BCUT2D eigenvalue weighted by molar-refractivity contribution is -0.134. The zero-order valence-corrected chi connectivity index (χ0v) is 15.3.